The van der Waals surface area contributed by atoms with Crippen LogP contribution in [-0.4, -0.2) is 67.9 Å². The van der Waals surface area contributed by atoms with Gasteiger partial charge in [0.05, 0.1) is 11.5 Å². The van der Waals surface area contributed by atoms with E-state index < -0.39 is 15.9 Å². The summed E-state index contributed by atoms with van der Waals surface area (Å²) in [4.78, 5) is 17.8. The molecule has 0 aromatic heterocycles. The van der Waals surface area contributed by atoms with E-state index in [0.717, 1.165) is 25.1 Å². The molecule has 31 heavy (non-hydrogen) atoms. The van der Waals surface area contributed by atoms with Gasteiger partial charge in [-0.2, -0.15) is 0 Å². The van der Waals surface area contributed by atoms with Gasteiger partial charge in [0.25, 0.3) is 0 Å². The smallest absolute Gasteiger partial charge is 0.242 e. The van der Waals surface area contributed by atoms with E-state index >= 15 is 0 Å². The molecule has 2 saturated heterocycles. The Hall–Kier alpha value is -2.22. The highest BCUT2D eigenvalue weighted by Crippen LogP contribution is 2.27. The first-order valence-corrected chi connectivity index (χ1v) is 12.8. The largest absolute Gasteiger partial charge is 0.350 e. The minimum atomic E-state index is -3.00. The normalized spacial score (nSPS) is 23.8. The molecule has 1 N–H and O–H groups in total. The molecule has 0 radical (unpaired) electrons. The van der Waals surface area contributed by atoms with E-state index in [1.807, 2.05) is 41.3 Å². The second kappa shape index (κ2) is 9.51. The molecular formula is C24H31N3O3S. The first-order valence-electron chi connectivity index (χ1n) is 11.0. The summed E-state index contributed by atoms with van der Waals surface area (Å²) >= 11 is 0. The van der Waals surface area contributed by atoms with E-state index in [2.05, 4.69) is 41.4 Å². The van der Waals surface area contributed by atoms with Crippen LogP contribution in [0, 0.1) is 0 Å². The number of benzene rings is 2. The molecule has 2 aliphatic heterocycles. The van der Waals surface area contributed by atoms with Crippen LogP contribution in [0.15, 0.2) is 60.7 Å². The van der Waals surface area contributed by atoms with Crippen LogP contribution >= 0.6 is 0 Å². The molecule has 3 atom stereocenters. The Bertz CT molecular complexity index is 968. The molecule has 2 fully saturated rings. The highest BCUT2D eigenvalue weighted by Gasteiger charge is 2.35. The maximum absolute atomic E-state index is 13.4. The number of amides is 1. The zero-order valence-corrected chi connectivity index (χ0v) is 18.8. The first kappa shape index (κ1) is 22.0. The summed E-state index contributed by atoms with van der Waals surface area (Å²) in [7, 11) is -3.00. The van der Waals surface area contributed by atoms with Crippen LogP contribution in [0.25, 0.3) is 0 Å². The molecule has 166 valence electrons. The Labute approximate surface area is 185 Å². The fourth-order valence-electron chi connectivity index (χ4n) is 4.63. The molecule has 0 aliphatic carbocycles. The van der Waals surface area contributed by atoms with Crippen molar-refractivity contribution in [2.45, 2.75) is 31.5 Å². The molecular weight excluding hydrogens is 410 g/mol. The number of rotatable bonds is 6. The van der Waals surface area contributed by atoms with E-state index in [1.54, 1.807) is 0 Å². The van der Waals surface area contributed by atoms with Gasteiger partial charge < -0.3 is 5.32 Å². The van der Waals surface area contributed by atoms with Crippen LogP contribution in [0.4, 0.5) is 0 Å². The Morgan fingerprint density at radius 3 is 2.10 bits per heavy atom. The third-order valence-electron chi connectivity index (χ3n) is 6.50. The van der Waals surface area contributed by atoms with Crippen molar-refractivity contribution in [3.05, 3.63) is 71.8 Å². The van der Waals surface area contributed by atoms with Gasteiger partial charge in [0.15, 0.2) is 9.84 Å². The number of nitrogens with one attached hydrogen (secondary N) is 1. The average Bonchev–Trinajstić information content (AvgIpc) is 3.24. The fourth-order valence-corrected chi connectivity index (χ4v) is 5.86. The third-order valence-corrected chi connectivity index (χ3v) is 8.11. The molecule has 3 unspecified atom stereocenters. The summed E-state index contributed by atoms with van der Waals surface area (Å²) < 4.78 is 23.8. The monoisotopic (exact) mass is 441 g/mol. The van der Waals surface area contributed by atoms with Crippen LogP contribution < -0.4 is 5.32 Å². The Morgan fingerprint density at radius 1 is 0.903 bits per heavy atom. The quantitative estimate of drug-likeness (QED) is 0.746. The Kier molecular flexibility index (Phi) is 6.74. The van der Waals surface area contributed by atoms with Crippen molar-refractivity contribution in [1.82, 2.24) is 15.1 Å². The van der Waals surface area contributed by atoms with Gasteiger partial charge in [-0.15, -0.1) is 0 Å². The third kappa shape index (κ3) is 5.34. The topological polar surface area (TPSA) is 69.7 Å². The molecule has 4 rings (SSSR count). The SMILES string of the molecule is CC(c1ccccc1)N1CCC(NC(=O)C(c2ccccc2)N2CCS(=O)(=O)CC2)C1. The molecule has 7 heteroatoms. The molecule has 2 aromatic rings. The Morgan fingerprint density at radius 2 is 1.48 bits per heavy atom. The summed E-state index contributed by atoms with van der Waals surface area (Å²) in [5, 5.41) is 3.26. The van der Waals surface area contributed by atoms with Gasteiger partial charge in [-0.1, -0.05) is 60.7 Å². The fraction of sp³-hybridized carbons (Fsp3) is 0.458. The van der Waals surface area contributed by atoms with Crippen molar-refractivity contribution in [3.8, 4) is 0 Å². The van der Waals surface area contributed by atoms with Crippen LogP contribution in [-0.2, 0) is 14.6 Å². The number of sulfone groups is 1. The number of carbonyl (C=O) groups excluding carboxylic acids is 1. The van der Waals surface area contributed by atoms with Crippen LogP contribution in [0.1, 0.15) is 36.6 Å². The highest BCUT2D eigenvalue weighted by molar-refractivity contribution is 7.91. The molecule has 0 saturated carbocycles. The molecule has 2 heterocycles. The molecule has 6 nitrogen and oxygen atoms in total. The van der Waals surface area contributed by atoms with Crippen LogP contribution in [0.5, 0.6) is 0 Å². The summed E-state index contributed by atoms with van der Waals surface area (Å²) in [6.07, 6.45) is 0.915. The molecule has 2 aromatic carbocycles. The van der Waals surface area contributed by atoms with Gasteiger partial charge in [0, 0.05) is 38.3 Å². The minimum absolute atomic E-state index is 0.0373. The number of hydrogen-bond acceptors (Lipinski definition) is 5. The maximum atomic E-state index is 13.4. The lowest BCUT2D eigenvalue weighted by Gasteiger charge is -2.34. The predicted molar refractivity (Wildman–Crippen MR) is 122 cm³/mol. The van der Waals surface area contributed by atoms with Crippen molar-refractivity contribution in [2.75, 3.05) is 37.7 Å². The summed E-state index contributed by atoms with van der Waals surface area (Å²) in [5.74, 6) is 0.176. The standard InChI is InChI=1S/C24H31N3O3S/c1-19(20-8-4-2-5-9-20)27-13-12-22(18-27)25-24(28)23(21-10-6-3-7-11-21)26-14-16-31(29,30)17-15-26/h2-11,19,22-23H,12-18H2,1H3,(H,25,28). The van der Waals surface area contributed by atoms with Crippen molar-refractivity contribution in [2.24, 2.45) is 0 Å². The zero-order valence-electron chi connectivity index (χ0n) is 18.0. The van der Waals surface area contributed by atoms with Crippen molar-refractivity contribution < 1.29 is 13.2 Å². The lowest BCUT2D eigenvalue weighted by atomic mass is 10.0. The number of hydrogen-bond donors (Lipinski definition) is 1. The van der Waals surface area contributed by atoms with Crippen LogP contribution in [0.3, 0.4) is 0 Å². The van der Waals surface area contributed by atoms with Crippen LogP contribution in [0.2, 0.25) is 0 Å². The minimum Gasteiger partial charge on any atom is -0.350 e. The lowest BCUT2D eigenvalue weighted by molar-refractivity contribution is -0.127. The first-order chi connectivity index (χ1) is 14.9. The van der Waals surface area contributed by atoms with E-state index in [4.69, 9.17) is 0 Å². The van der Waals surface area contributed by atoms with Crippen molar-refractivity contribution in [3.63, 3.8) is 0 Å². The van der Waals surface area contributed by atoms with E-state index in [-0.39, 0.29) is 23.5 Å². The van der Waals surface area contributed by atoms with Gasteiger partial charge in [0.2, 0.25) is 5.91 Å². The summed E-state index contributed by atoms with van der Waals surface area (Å²) in [6.45, 7) is 4.74. The zero-order chi connectivity index (χ0) is 21.8. The van der Waals surface area contributed by atoms with E-state index in [9.17, 15) is 13.2 Å². The van der Waals surface area contributed by atoms with Crippen molar-refractivity contribution >= 4 is 15.7 Å². The highest BCUT2D eigenvalue weighted by atomic mass is 32.2. The molecule has 2 aliphatic rings. The van der Waals surface area contributed by atoms with E-state index in [0.29, 0.717) is 19.1 Å². The molecule has 0 bridgehead atoms. The average molecular weight is 442 g/mol. The number of carbonyl (C=O) groups is 1. The van der Waals surface area contributed by atoms with E-state index in [1.165, 1.54) is 5.56 Å². The molecule has 0 spiro atoms. The van der Waals surface area contributed by atoms with Crippen molar-refractivity contribution in [1.29, 1.82) is 0 Å². The van der Waals surface area contributed by atoms with Gasteiger partial charge in [-0.25, -0.2) is 8.42 Å². The predicted octanol–water partition coefficient (Wildman–Crippen LogP) is 2.41. The van der Waals surface area contributed by atoms with Gasteiger partial charge >= 0.3 is 0 Å². The lowest BCUT2D eigenvalue weighted by Crippen LogP contribution is -2.49. The Balaban J connectivity index is 1.43. The second-order valence-electron chi connectivity index (χ2n) is 8.58. The summed E-state index contributed by atoms with van der Waals surface area (Å²) in [5.41, 5.74) is 2.19. The van der Waals surface area contributed by atoms with Gasteiger partial charge in [0.1, 0.15) is 6.04 Å². The van der Waals surface area contributed by atoms with Gasteiger partial charge in [-0.3, -0.25) is 14.6 Å². The molecule has 1 amide bonds. The maximum Gasteiger partial charge on any atom is 0.242 e. The number of nitrogens with zero attached hydrogens (tertiary/aromatic N) is 2. The summed E-state index contributed by atoms with van der Waals surface area (Å²) in [6, 6.07) is 20.1. The second-order valence-corrected chi connectivity index (χ2v) is 10.9. The number of likely N-dealkylation sites (tertiary alicyclic amines) is 1. The van der Waals surface area contributed by atoms with Gasteiger partial charge in [-0.05, 0) is 24.5 Å².